The first-order valence-corrected chi connectivity index (χ1v) is 8.54. The van der Waals surface area contributed by atoms with Crippen LogP contribution < -0.4 is 5.32 Å². The smallest absolute Gasteiger partial charge is 0.107 e. The molecule has 2 fully saturated rings. The number of likely N-dealkylation sites (tertiary alicyclic amines) is 1. The summed E-state index contributed by atoms with van der Waals surface area (Å²) in [5.41, 5.74) is 1.91. The maximum Gasteiger partial charge on any atom is 0.107 e. The van der Waals surface area contributed by atoms with Crippen LogP contribution in [0.4, 0.5) is 0 Å². The van der Waals surface area contributed by atoms with Crippen LogP contribution in [-0.2, 0) is 13.0 Å². The van der Waals surface area contributed by atoms with Gasteiger partial charge in [-0.2, -0.15) is 0 Å². The van der Waals surface area contributed by atoms with Crippen molar-refractivity contribution in [2.45, 2.75) is 45.6 Å². The maximum atomic E-state index is 4.76. The van der Waals surface area contributed by atoms with Gasteiger partial charge in [-0.25, -0.2) is 4.98 Å². The third kappa shape index (κ3) is 3.73. The van der Waals surface area contributed by atoms with Gasteiger partial charge in [-0.1, -0.05) is 13.3 Å². The van der Waals surface area contributed by atoms with Crippen molar-refractivity contribution >= 4 is 23.7 Å². The first kappa shape index (κ1) is 16.2. The molecule has 5 heteroatoms. The Balaban J connectivity index is 0.00000147. The average molecular weight is 316 g/mol. The van der Waals surface area contributed by atoms with Crippen LogP contribution in [0.3, 0.4) is 0 Å². The van der Waals surface area contributed by atoms with E-state index in [1.54, 1.807) is 0 Å². The van der Waals surface area contributed by atoms with Gasteiger partial charge in [0, 0.05) is 11.9 Å². The van der Waals surface area contributed by atoms with Crippen molar-refractivity contribution in [3.05, 3.63) is 16.1 Å². The van der Waals surface area contributed by atoms with Crippen LogP contribution >= 0.6 is 23.7 Å². The lowest BCUT2D eigenvalue weighted by molar-refractivity contribution is 0.194. The molecule has 0 atom stereocenters. The molecule has 2 saturated heterocycles. The van der Waals surface area contributed by atoms with E-state index in [1.165, 1.54) is 62.6 Å². The monoisotopic (exact) mass is 315 g/mol. The highest BCUT2D eigenvalue weighted by Gasteiger charge is 2.38. The number of nitrogens with one attached hydrogen (secondary N) is 1. The van der Waals surface area contributed by atoms with Crippen LogP contribution in [0, 0.1) is 5.41 Å². The first-order valence-electron chi connectivity index (χ1n) is 7.66. The van der Waals surface area contributed by atoms with Crippen molar-refractivity contribution in [1.82, 2.24) is 15.2 Å². The molecule has 1 aromatic heterocycles. The zero-order valence-electron chi connectivity index (χ0n) is 12.4. The van der Waals surface area contributed by atoms with Gasteiger partial charge in [0.15, 0.2) is 0 Å². The number of rotatable bonds is 4. The average Bonchev–Trinajstić information content (AvgIpc) is 3.00. The molecule has 0 saturated carbocycles. The molecule has 1 N–H and O–H groups in total. The minimum atomic E-state index is 0. The Morgan fingerprint density at radius 1 is 1.35 bits per heavy atom. The van der Waals surface area contributed by atoms with Crippen LogP contribution in [0.5, 0.6) is 0 Å². The number of aromatic nitrogens is 1. The molecule has 0 unspecified atom stereocenters. The predicted molar refractivity (Wildman–Crippen MR) is 87.8 cm³/mol. The van der Waals surface area contributed by atoms with Crippen molar-refractivity contribution in [2.24, 2.45) is 5.41 Å². The summed E-state index contributed by atoms with van der Waals surface area (Å²) in [6, 6.07) is 0. The van der Waals surface area contributed by atoms with Gasteiger partial charge in [-0.15, -0.1) is 23.7 Å². The molecular weight excluding hydrogens is 290 g/mol. The van der Waals surface area contributed by atoms with Gasteiger partial charge in [-0.05, 0) is 50.7 Å². The zero-order chi connectivity index (χ0) is 13.1. The van der Waals surface area contributed by atoms with E-state index < -0.39 is 0 Å². The standard InChI is InChI=1S/C15H25N3S.ClH/c1-2-3-13-11-19-14(17-13)10-18-9-6-15(12-18)4-7-16-8-5-15;/h11,16H,2-10,12H2,1H3;1H. The van der Waals surface area contributed by atoms with Gasteiger partial charge in [0.05, 0.1) is 12.2 Å². The third-order valence-electron chi connectivity index (χ3n) is 4.65. The van der Waals surface area contributed by atoms with E-state index in [-0.39, 0.29) is 12.4 Å². The quantitative estimate of drug-likeness (QED) is 0.925. The van der Waals surface area contributed by atoms with Crippen molar-refractivity contribution in [2.75, 3.05) is 26.2 Å². The Bertz CT molecular complexity index is 415. The highest BCUT2D eigenvalue weighted by Crippen LogP contribution is 2.39. The Morgan fingerprint density at radius 3 is 2.90 bits per heavy atom. The number of nitrogens with zero attached hydrogens (tertiary/aromatic N) is 2. The summed E-state index contributed by atoms with van der Waals surface area (Å²) in [5.74, 6) is 0. The molecule has 3 nitrogen and oxygen atoms in total. The molecular formula is C15H26ClN3S. The number of piperidine rings is 1. The van der Waals surface area contributed by atoms with Crippen molar-refractivity contribution in [3.8, 4) is 0 Å². The van der Waals surface area contributed by atoms with Crippen LogP contribution in [0.15, 0.2) is 5.38 Å². The number of thiazole rings is 1. The largest absolute Gasteiger partial charge is 0.317 e. The minimum absolute atomic E-state index is 0. The summed E-state index contributed by atoms with van der Waals surface area (Å²) in [6.45, 7) is 8.28. The first-order chi connectivity index (χ1) is 9.30. The molecule has 2 aliphatic heterocycles. The van der Waals surface area contributed by atoms with Gasteiger partial charge < -0.3 is 5.32 Å². The molecule has 3 heterocycles. The van der Waals surface area contributed by atoms with E-state index in [2.05, 4.69) is 22.5 Å². The van der Waals surface area contributed by atoms with Crippen LogP contribution in [0.2, 0.25) is 0 Å². The molecule has 0 amide bonds. The molecule has 1 spiro atoms. The van der Waals surface area contributed by atoms with Crippen LogP contribution in [0.1, 0.15) is 43.3 Å². The highest BCUT2D eigenvalue weighted by molar-refractivity contribution is 7.09. The van der Waals surface area contributed by atoms with E-state index in [0.717, 1.165) is 13.0 Å². The second kappa shape index (κ2) is 7.21. The van der Waals surface area contributed by atoms with Gasteiger partial charge in [0.1, 0.15) is 5.01 Å². The van der Waals surface area contributed by atoms with Crippen molar-refractivity contribution in [3.63, 3.8) is 0 Å². The normalized spacial score (nSPS) is 22.1. The fourth-order valence-electron chi connectivity index (χ4n) is 3.51. The van der Waals surface area contributed by atoms with Crippen LogP contribution in [0.25, 0.3) is 0 Å². The van der Waals surface area contributed by atoms with Crippen LogP contribution in [-0.4, -0.2) is 36.1 Å². The number of hydrogen-bond acceptors (Lipinski definition) is 4. The fraction of sp³-hybridized carbons (Fsp3) is 0.800. The number of halogens is 1. The Labute approximate surface area is 132 Å². The molecule has 20 heavy (non-hydrogen) atoms. The molecule has 114 valence electrons. The zero-order valence-corrected chi connectivity index (χ0v) is 14.0. The summed E-state index contributed by atoms with van der Waals surface area (Å²) in [6.07, 6.45) is 6.45. The molecule has 1 aromatic rings. The molecule has 0 radical (unpaired) electrons. The number of aryl methyl sites for hydroxylation is 1. The molecule has 0 bridgehead atoms. The lowest BCUT2D eigenvalue weighted by atomic mass is 9.78. The summed E-state index contributed by atoms with van der Waals surface area (Å²) < 4.78 is 0. The molecule has 0 aromatic carbocycles. The third-order valence-corrected chi connectivity index (χ3v) is 5.53. The van der Waals surface area contributed by atoms with Gasteiger partial charge >= 0.3 is 0 Å². The maximum absolute atomic E-state index is 4.76. The lowest BCUT2D eigenvalue weighted by Crippen LogP contribution is -2.38. The van der Waals surface area contributed by atoms with Gasteiger partial charge in [0.2, 0.25) is 0 Å². The molecule has 2 aliphatic rings. The fourth-order valence-corrected chi connectivity index (χ4v) is 4.38. The highest BCUT2D eigenvalue weighted by atomic mass is 35.5. The summed E-state index contributed by atoms with van der Waals surface area (Å²) in [7, 11) is 0. The predicted octanol–water partition coefficient (Wildman–Crippen LogP) is 3.09. The van der Waals surface area contributed by atoms with Gasteiger partial charge in [0.25, 0.3) is 0 Å². The second-order valence-corrected chi connectivity index (χ2v) is 7.14. The lowest BCUT2D eigenvalue weighted by Gasteiger charge is -2.33. The van der Waals surface area contributed by atoms with E-state index >= 15 is 0 Å². The SMILES string of the molecule is CCCc1csc(CN2CCC3(CCNCC3)C2)n1.Cl. The Hall–Kier alpha value is -0.160. The Kier molecular flexibility index (Phi) is 5.84. The molecule has 0 aliphatic carbocycles. The van der Waals surface area contributed by atoms with E-state index in [0.29, 0.717) is 5.41 Å². The van der Waals surface area contributed by atoms with Gasteiger partial charge in [-0.3, -0.25) is 4.90 Å². The second-order valence-electron chi connectivity index (χ2n) is 6.19. The van der Waals surface area contributed by atoms with Crippen molar-refractivity contribution in [1.29, 1.82) is 0 Å². The van der Waals surface area contributed by atoms with Crippen molar-refractivity contribution < 1.29 is 0 Å². The number of hydrogen-bond donors (Lipinski definition) is 1. The molecule has 3 rings (SSSR count). The summed E-state index contributed by atoms with van der Waals surface area (Å²) in [4.78, 5) is 7.39. The summed E-state index contributed by atoms with van der Waals surface area (Å²) >= 11 is 1.85. The Morgan fingerprint density at radius 2 is 2.15 bits per heavy atom. The van der Waals surface area contributed by atoms with E-state index in [1.807, 2.05) is 11.3 Å². The minimum Gasteiger partial charge on any atom is -0.317 e. The van der Waals surface area contributed by atoms with E-state index in [4.69, 9.17) is 4.98 Å². The summed E-state index contributed by atoms with van der Waals surface area (Å²) in [5, 5.41) is 7.05. The van der Waals surface area contributed by atoms with E-state index in [9.17, 15) is 0 Å². The topological polar surface area (TPSA) is 28.2 Å².